The molecule has 0 bridgehead atoms. The first-order valence-corrected chi connectivity index (χ1v) is 4.00. The quantitative estimate of drug-likeness (QED) is 0.566. The van der Waals surface area contributed by atoms with E-state index in [4.69, 9.17) is 0 Å². The SMILES string of the molecule is CCC1CC(C)C(C)N1. The maximum absolute atomic E-state index is 3.55. The van der Waals surface area contributed by atoms with E-state index in [0.29, 0.717) is 0 Å². The Kier molecular flexibility index (Phi) is 2.12. The van der Waals surface area contributed by atoms with Crippen LogP contribution in [-0.4, -0.2) is 12.1 Å². The fraction of sp³-hybridized carbons (Fsp3) is 1.00. The highest BCUT2D eigenvalue weighted by Gasteiger charge is 2.25. The average molecular weight is 127 g/mol. The fourth-order valence-corrected chi connectivity index (χ4v) is 1.54. The van der Waals surface area contributed by atoms with Crippen LogP contribution in [0.1, 0.15) is 33.6 Å². The summed E-state index contributed by atoms with van der Waals surface area (Å²) in [4.78, 5) is 0. The van der Waals surface area contributed by atoms with Crippen LogP contribution in [0.15, 0.2) is 0 Å². The second kappa shape index (κ2) is 2.70. The van der Waals surface area contributed by atoms with Crippen molar-refractivity contribution in [3.05, 3.63) is 0 Å². The minimum Gasteiger partial charge on any atom is -0.311 e. The number of hydrogen-bond acceptors (Lipinski definition) is 1. The van der Waals surface area contributed by atoms with E-state index in [1.54, 1.807) is 0 Å². The third-order valence-corrected chi connectivity index (χ3v) is 2.50. The van der Waals surface area contributed by atoms with Crippen LogP contribution in [0.5, 0.6) is 0 Å². The lowest BCUT2D eigenvalue weighted by atomic mass is 10.0. The molecule has 1 heteroatoms. The summed E-state index contributed by atoms with van der Waals surface area (Å²) in [6, 6.07) is 1.55. The highest BCUT2D eigenvalue weighted by Crippen LogP contribution is 2.20. The van der Waals surface area contributed by atoms with Crippen LogP contribution in [0.4, 0.5) is 0 Å². The minimum atomic E-state index is 0.745. The molecule has 9 heavy (non-hydrogen) atoms. The zero-order chi connectivity index (χ0) is 6.85. The smallest absolute Gasteiger partial charge is 0.00701 e. The zero-order valence-corrected chi connectivity index (χ0v) is 6.65. The average Bonchev–Trinajstić information content (AvgIpc) is 2.13. The van der Waals surface area contributed by atoms with Gasteiger partial charge in [0.2, 0.25) is 0 Å². The Hall–Kier alpha value is -0.0400. The summed E-state index contributed by atoms with van der Waals surface area (Å²) in [5.41, 5.74) is 0. The Morgan fingerprint density at radius 2 is 2.11 bits per heavy atom. The first kappa shape index (κ1) is 7.07. The second-order valence-electron chi connectivity index (χ2n) is 3.27. The van der Waals surface area contributed by atoms with E-state index >= 15 is 0 Å². The van der Waals surface area contributed by atoms with Gasteiger partial charge >= 0.3 is 0 Å². The summed E-state index contributed by atoms with van der Waals surface area (Å²) in [5.74, 6) is 0.884. The standard InChI is InChI=1S/C8H17N/c1-4-8-5-6(2)7(3)9-8/h6-9H,4-5H2,1-3H3. The first-order chi connectivity index (χ1) is 4.24. The molecule has 54 valence electrons. The van der Waals surface area contributed by atoms with Gasteiger partial charge in [0.25, 0.3) is 0 Å². The van der Waals surface area contributed by atoms with Gasteiger partial charge in [0.1, 0.15) is 0 Å². The number of rotatable bonds is 1. The van der Waals surface area contributed by atoms with Crippen molar-refractivity contribution in [1.29, 1.82) is 0 Å². The Labute approximate surface area is 57.8 Å². The van der Waals surface area contributed by atoms with Crippen molar-refractivity contribution in [3.63, 3.8) is 0 Å². The van der Waals surface area contributed by atoms with E-state index < -0.39 is 0 Å². The van der Waals surface area contributed by atoms with Crippen molar-refractivity contribution in [3.8, 4) is 0 Å². The highest BCUT2D eigenvalue weighted by atomic mass is 15.0. The van der Waals surface area contributed by atoms with Crippen molar-refractivity contribution < 1.29 is 0 Å². The normalized spacial score (nSPS) is 43.7. The molecule has 0 saturated carbocycles. The van der Waals surface area contributed by atoms with Gasteiger partial charge in [-0.2, -0.15) is 0 Å². The van der Waals surface area contributed by atoms with E-state index in [1.165, 1.54) is 12.8 Å². The minimum absolute atomic E-state index is 0.745. The molecule has 1 heterocycles. The molecule has 1 nitrogen and oxygen atoms in total. The predicted molar refractivity (Wildman–Crippen MR) is 40.5 cm³/mol. The topological polar surface area (TPSA) is 12.0 Å². The first-order valence-electron chi connectivity index (χ1n) is 4.00. The molecule has 3 atom stereocenters. The van der Waals surface area contributed by atoms with Crippen molar-refractivity contribution >= 4 is 0 Å². The lowest BCUT2D eigenvalue weighted by Crippen LogP contribution is -2.27. The summed E-state index contributed by atoms with van der Waals surface area (Å²) in [6.45, 7) is 6.86. The van der Waals surface area contributed by atoms with Crippen molar-refractivity contribution in [2.24, 2.45) is 5.92 Å². The van der Waals surface area contributed by atoms with Crippen LogP contribution < -0.4 is 5.32 Å². The van der Waals surface area contributed by atoms with E-state index in [9.17, 15) is 0 Å². The third-order valence-electron chi connectivity index (χ3n) is 2.50. The molecule has 1 N–H and O–H groups in total. The van der Waals surface area contributed by atoms with Crippen LogP contribution in [-0.2, 0) is 0 Å². The van der Waals surface area contributed by atoms with Gasteiger partial charge < -0.3 is 5.32 Å². The van der Waals surface area contributed by atoms with Crippen LogP contribution in [0.25, 0.3) is 0 Å². The molecule has 0 amide bonds. The fourth-order valence-electron chi connectivity index (χ4n) is 1.54. The van der Waals surface area contributed by atoms with E-state index in [0.717, 1.165) is 18.0 Å². The summed E-state index contributed by atoms with van der Waals surface area (Å²) in [6.07, 6.45) is 2.66. The molecule has 0 aliphatic carbocycles. The van der Waals surface area contributed by atoms with Crippen molar-refractivity contribution in [2.45, 2.75) is 45.7 Å². The van der Waals surface area contributed by atoms with Gasteiger partial charge in [0.15, 0.2) is 0 Å². The van der Waals surface area contributed by atoms with Crippen molar-refractivity contribution in [2.75, 3.05) is 0 Å². The molecule has 0 spiro atoms. The Morgan fingerprint density at radius 3 is 2.33 bits per heavy atom. The number of nitrogens with one attached hydrogen (secondary N) is 1. The van der Waals surface area contributed by atoms with E-state index in [1.807, 2.05) is 0 Å². The molecule has 1 aliphatic heterocycles. The van der Waals surface area contributed by atoms with Crippen LogP contribution in [0.2, 0.25) is 0 Å². The predicted octanol–water partition coefficient (Wildman–Crippen LogP) is 1.78. The van der Waals surface area contributed by atoms with Gasteiger partial charge in [-0.1, -0.05) is 13.8 Å². The second-order valence-corrected chi connectivity index (χ2v) is 3.27. The van der Waals surface area contributed by atoms with Gasteiger partial charge in [-0.15, -0.1) is 0 Å². The van der Waals surface area contributed by atoms with E-state index in [-0.39, 0.29) is 0 Å². The monoisotopic (exact) mass is 127 g/mol. The molecule has 0 aromatic rings. The molecule has 1 fully saturated rings. The van der Waals surface area contributed by atoms with Gasteiger partial charge in [-0.3, -0.25) is 0 Å². The third kappa shape index (κ3) is 1.45. The largest absolute Gasteiger partial charge is 0.311 e. The Morgan fingerprint density at radius 1 is 1.44 bits per heavy atom. The summed E-state index contributed by atoms with van der Waals surface area (Å²) in [7, 11) is 0. The van der Waals surface area contributed by atoms with E-state index in [2.05, 4.69) is 26.1 Å². The highest BCUT2D eigenvalue weighted by molar-refractivity contribution is 4.84. The lowest BCUT2D eigenvalue weighted by molar-refractivity contribution is 0.515. The maximum Gasteiger partial charge on any atom is 0.00701 e. The van der Waals surface area contributed by atoms with Gasteiger partial charge in [0.05, 0.1) is 0 Å². The number of hydrogen-bond donors (Lipinski definition) is 1. The van der Waals surface area contributed by atoms with Crippen molar-refractivity contribution in [1.82, 2.24) is 5.32 Å². The molecule has 0 aromatic heterocycles. The zero-order valence-electron chi connectivity index (χ0n) is 6.65. The summed E-state index contributed by atoms with van der Waals surface area (Å²) in [5, 5.41) is 3.55. The molecule has 1 aliphatic rings. The summed E-state index contributed by atoms with van der Waals surface area (Å²) < 4.78 is 0. The van der Waals surface area contributed by atoms with Gasteiger partial charge in [-0.25, -0.2) is 0 Å². The van der Waals surface area contributed by atoms with Crippen LogP contribution >= 0.6 is 0 Å². The molecule has 0 aromatic carbocycles. The lowest BCUT2D eigenvalue weighted by Gasteiger charge is -2.07. The maximum atomic E-state index is 3.55. The van der Waals surface area contributed by atoms with Gasteiger partial charge in [-0.05, 0) is 25.7 Å². The summed E-state index contributed by atoms with van der Waals surface area (Å²) >= 11 is 0. The van der Waals surface area contributed by atoms with Crippen LogP contribution in [0.3, 0.4) is 0 Å². The van der Waals surface area contributed by atoms with Gasteiger partial charge in [0, 0.05) is 12.1 Å². The molecule has 0 radical (unpaired) electrons. The Balaban J connectivity index is 2.35. The Bertz CT molecular complexity index is 80.6. The molecule has 3 unspecified atom stereocenters. The molecule has 1 rings (SSSR count). The molecule has 1 saturated heterocycles. The van der Waals surface area contributed by atoms with Crippen LogP contribution in [0, 0.1) is 5.92 Å². The molecular formula is C8H17N. The molecular weight excluding hydrogens is 110 g/mol.